The van der Waals surface area contributed by atoms with Crippen molar-refractivity contribution in [1.82, 2.24) is 4.90 Å². The number of amides is 2. The second kappa shape index (κ2) is 7.19. The molecule has 0 unspecified atom stereocenters. The van der Waals surface area contributed by atoms with Gasteiger partial charge in [0.2, 0.25) is 0 Å². The van der Waals surface area contributed by atoms with E-state index in [0.717, 1.165) is 22.2 Å². The molecule has 1 aliphatic heterocycles. The molecule has 2 amide bonds. The molecule has 6 nitrogen and oxygen atoms in total. The summed E-state index contributed by atoms with van der Waals surface area (Å²) in [6, 6.07) is 12.6. The number of hydrogen-bond acceptors (Lipinski definition) is 6. The summed E-state index contributed by atoms with van der Waals surface area (Å²) in [5.41, 5.74) is 1.96. The van der Waals surface area contributed by atoms with Gasteiger partial charge in [0, 0.05) is 17.7 Å². The zero-order valence-electron chi connectivity index (χ0n) is 13.5. The number of benzene rings is 2. The summed E-state index contributed by atoms with van der Waals surface area (Å²) in [5.74, 6) is -0.969. The first kappa shape index (κ1) is 18.0. The normalized spacial score (nSPS) is 15.6. The highest BCUT2D eigenvalue weighted by atomic mass is 32.2. The van der Waals surface area contributed by atoms with E-state index in [1.807, 2.05) is 6.92 Å². The minimum atomic E-state index is -0.497. The monoisotopic (exact) mass is 384 g/mol. The first-order valence-corrected chi connectivity index (χ1v) is 8.73. The smallest absolute Gasteiger partial charge is 0.268 e. The topological polar surface area (TPSA) is 80.5 Å². The molecule has 1 aliphatic rings. The first-order chi connectivity index (χ1) is 12.4. The highest BCUT2D eigenvalue weighted by molar-refractivity contribution is 8.26. The van der Waals surface area contributed by atoms with Crippen LogP contribution in [0.3, 0.4) is 0 Å². The standard InChI is InChI=1S/C18H12N2O4S2/c1-11-2-6-13(7-3-11)16(21)19-17(22)15(26-18(19)25)10-12-4-8-14(9-5-12)20(23)24/h2-10H,1H3/b15-10+. The Balaban J connectivity index is 1.85. The van der Waals surface area contributed by atoms with Gasteiger partial charge in [-0.05, 0) is 42.8 Å². The third-order valence-electron chi connectivity index (χ3n) is 3.70. The third kappa shape index (κ3) is 3.56. The lowest BCUT2D eigenvalue weighted by atomic mass is 10.1. The van der Waals surface area contributed by atoms with Crippen LogP contribution in [-0.2, 0) is 4.79 Å². The van der Waals surface area contributed by atoms with Crippen LogP contribution in [0.5, 0.6) is 0 Å². The molecule has 8 heteroatoms. The Morgan fingerprint density at radius 3 is 2.35 bits per heavy atom. The van der Waals surface area contributed by atoms with Crippen molar-refractivity contribution < 1.29 is 14.5 Å². The van der Waals surface area contributed by atoms with Crippen molar-refractivity contribution in [1.29, 1.82) is 0 Å². The molecule has 1 fully saturated rings. The molecule has 26 heavy (non-hydrogen) atoms. The maximum Gasteiger partial charge on any atom is 0.273 e. The summed E-state index contributed by atoms with van der Waals surface area (Å²) in [6.45, 7) is 1.90. The Hall–Kier alpha value is -2.84. The van der Waals surface area contributed by atoms with E-state index in [2.05, 4.69) is 0 Å². The number of rotatable bonds is 3. The number of nitro benzene ring substituents is 1. The summed E-state index contributed by atoms with van der Waals surface area (Å²) in [6.07, 6.45) is 1.56. The van der Waals surface area contributed by atoms with Gasteiger partial charge in [-0.3, -0.25) is 19.7 Å². The Labute approximate surface area is 158 Å². The summed E-state index contributed by atoms with van der Waals surface area (Å²) in [4.78, 5) is 36.7. The average Bonchev–Trinajstić information content (AvgIpc) is 2.89. The minimum Gasteiger partial charge on any atom is -0.268 e. The zero-order chi connectivity index (χ0) is 18.8. The van der Waals surface area contributed by atoms with Gasteiger partial charge >= 0.3 is 0 Å². The van der Waals surface area contributed by atoms with Gasteiger partial charge in [0.1, 0.15) is 0 Å². The Kier molecular flexibility index (Phi) is 4.97. The minimum absolute atomic E-state index is 0.0377. The van der Waals surface area contributed by atoms with Crippen molar-refractivity contribution in [3.8, 4) is 0 Å². The number of carbonyl (C=O) groups is 2. The number of nitro groups is 1. The van der Waals surface area contributed by atoms with Crippen LogP contribution in [0.15, 0.2) is 53.4 Å². The second-order valence-corrected chi connectivity index (χ2v) is 7.21. The van der Waals surface area contributed by atoms with E-state index in [1.54, 1.807) is 30.3 Å². The molecular weight excluding hydrogens is 372 g/mol. The van der Waals surface area contributed by atoms with Crippen LogP contribution in [0.25, 0.3) is 6.08 Å². The molecule has 0 aromatic heterocycles. The molecule has 130 valence electrons. The highest BCUT2D eigenvalue weighted by Gasteiger charge is 2.37. The molecule has 0 atom stereocenters. The highest BCUT2D eigenvalue weighted by Crippen LogP contribution is 2.33. The van der Waals surface area contributed by atoms with Gasteiger partial charge < -0.3 is 0 Å². The van der Waals surface area contributed by atoms with Crippen molar-refractivity contribution in [2.24, 2.45) is 0 Å². The van der Waals surface area contributed by atoms with Crippen molar-refractivity contribution in [2.45, 2.75) is 6.92 Å². The van der Waals surface area contributed by atoms with Gasteiger partial charge in [0.05, 0.1) is 9.83 Å². The number of imide groups is 1. The van der Waals surface area contributed by atoms with Crippen LogP contribution >= 0.6 is 24.0 Å². The lowest BCUT2D eigenvalue weighted by Crippen LogP contribution is -2.34. The van der Waals surface area contributed by atoms with E-state index >= 15 is 0 Å². The largest absolute Gasteiger partial charge is 0.273 e. The molecule has 0 N–H and O–H groups in total. The lowest BCUT2D eigenvalue weighted by molar-refractivity contribution is -0.384. The van der Waals surface area contributed by atoms with Crippen molar-refractivity contribution in [2.75, 3.05) is 0 Å². The molecule has 1 saturated heterocycles. The Morgan fingerprint density at radius 1 is 1.15 bits per heavy atom. The molecule has 0 radical (unpaired) electrons. The number of thioether (sulfide) groups is 1. The summed E-state index contributed by atoms with van der Waals surface area (Å²) in [7, 11) is 0. The van der Waals surface area contributed by atoms with Crippen molar-refractivity contribution >= 4 is 51.9 Å². The van der Waals surface area contributed by atoms with Gasteiger partial charge in [-0.2, -0.15) is 0 Å². The van der Waals surface area contributed by atoms with E-state index in [0.29, 0.717) is 16.0 Å². The van der Waals surface area contributed by atoms with Crippen LogP contribution < -0.4 is 0 Å². The summed E-state index contributed by atoms with van der Waals surface area (Å²) < 4.78 is 0.161. The van der Waals surface area contributed by atoms with E-state index in [9.17, 15) is 19.7 Å². The van der Waals surface area contributed by atoms with E-state index in [-0.39, 0.29) is 10.0 Å². The average molecular weight is 384 g/mol. The molecule has 0 spiro atoms. The number of non-ortho nitro benzene ring substituents is 1. The van der Waals surface area contributed by atoms with Crippen LogP contribution in [-0.4, -0.2) is 26.0 Å². The van der Waals surface area contributed by atoms with E-state index in [1.165, 1.54) is 24.3 Å². The zero-order valence-corrected chi connectivity index (χ0v) is 15.2. The number of nitrogens with zero attached hydrogens (tertiary/aromatic N) is 2. The fraction of sp³-hybridized carbons (Fsp3) is 0.0556. The molecule has 2 aromatic carbocycles. The van der Waals surface area contributed by atoms with E-state index < -0.39 is 16.7 Å². The molecule has 0 bridgehead atoms. The number of aryl methyl sites for hydroxylation is 1. The van der Waals surface area contributed by atoms with Gasteiger partial charge in [-0.15, -0.1) is 0 Å². The predicted molar refractivity (Wildman–Crippen MR) is 104 cm³/mol. The van der Waals surface area contributed by atoms with Crippen molar-refractivity contribution in [3.05, 3.63) is 80.2 Å². The molecule has 2 aromatic rings. The Morgan fingerprint density at radius 2 is 1.77 bits per heavy atom. The first-order valence-electron chi connectivity index (χ1n) is 7.50. The van der Waals surface area contributed by atoms with E-state index in [4.69, 9.17) is 12.2 Å². The second-order valence-electron chi connectivity index (χ2n) is 5.54. The predicted octanol–water partition coefficient (Wildman–Crippen LogP) is 3.94. The SMILES string of the molecule is Cc1ccc(C(=O)N2C(=O)/C(=C\c3ccc([N+](=O)[O-])cc3)SC2=S)cc1. The van der Waals surface area contributed by atoms with Crippen LogP contribution in [0.1, 0.15) is 21.5 Å². The van der Waals surface area contributed by atoms with Crippen LogP contribution in [0.4, 0.5) is 5.69 Å². The summed E-state index contributed by atoms with van der Waals surface area (Å²) in [5, 5.41) is 10.7. The molecule has 3 rings (SSSR count). The quantitative estimate of drug-likeness (QED) is 0.262. The fourth-order valence-electron chi connectivity index (χ4n) is 2.31. The number of carbonyl (C=O) groups excluding carboxylic acids is 2. The molecular formula is C18H12N2O4S2. The number of hydrogen-bond donors (Lipinski definition) is 0. The lowest BCUT2D eigenvalue weighted by Gasteiger charge is -2.12. The van der Waals surface area contributed by atoms with Gasteiger partial charge in [-0.25, -0.2) is 4.90 Å². The third-order valence-corrected chi connectivity index (χ3v) is 5.00. The van der Waals surface area contributed by atoms with Crippen LogP contribution in [0.2, 0.25) is 0 Å². The maximum absolute atomic E-state index is 12.6. The van der Waals surface area contributed by atoms with Crippen LogP contribution in [0, 0.1) is 17.0 Å². The van der Waals surface area contributed by atoms with Gasteiger partial charge in [0.25, 0.3) is 17.5 Å². The molecule has 0 aliphatic carbocycles. The Bertz CT molecular complexity index is 950. The number of thiocarbonyl (C=S) groups is 1. The van der Waals surface area contributed by atoms with Gasteiger partial charge in [0.15, 0.2) is 4.32 Å². The summed E-state index contributed by atoms with van der Waals surface area (Å²) >= 11 is 6.21. The molecule has 1 heterocycles. The fourth-order valence-corrected chi connectivity index (χ4v) is 3.57. The van der Waals surface area contributed by atoms with Crippen molar-refractivity contribution in [3.63, 3.8) is 0 Å². The van der Waals surface area contributed by atoms with Gasteiger partial charge in [-0.1, -0.05) is 41.7 Å². The molecule has 0 saturated carbocycles. The maximum atomic E-state index is 12.6.